The van der Waals surface area contributed by atoms with Crippen LogP contribution in [0.2, 0.25) is 0 Å². The van der Waals surface area contributed by atoms with E-state index in [4.69, 9.17) is 4.74 Å². The molecule has 0 atom stereocenters. The summed E-state index contributed by atoms with van der Waals surface area (Å²) in [5.74, 6) is 0.125. The molecule has 1 heterocycles. The maximum atomic E-state index is 11.9. The molecule has 1 aliphatic heterocycles. The Labute approximate surface area is 129 Å². The molecule has 0 spiro atoms. The molecule has 0 bridgehead atoms. The highest BCUT2D eigenvalue weighted by Gasteiger charge is 2.17. The summed E-state index contributed by atoms with van der Waals surface area (Å²) in [7, 11) is -3.23. The first-order valence-electron chi connectivity index (χ1n) is 8.17. The third-order valence-electron chi connectivity index (χ3n) is 3.53. The topological polar surface area (TPSA) is 70.7 Å². The van der Waals surface area contributed by atoms with E-state index in [0.29, 0.717) is 32.8 Å². The second-order valence-electron chi connectivity index (χ2n) is 5.53. The zero-order chi connectivity index (χ0) is 15.4. The number of morpholine rings is 1. The molecule has 21 heavy (non-hydrogen) atoms. The first-order valence-corrected chi connectivity index (χ1v) is 9.83. The van der Waals surface area contributed by atoms with E-state index in [1.165, 1.54) is 32.1 Å². The van der Waals surface area contributed by atoms with Gasteiger partial charge in [-0.05, 0) is 13.0 Å². The lowest BCUT2D eigenvalue weighted by Gasteiger charge is -2.26. The lowest BCUT2D eigenvalue weighted by molar-refractivity contribution is 0.0272. The minimum Gasteiger partial charge on any atom is -0.379 e. The Morgan fingerprint density at radius 3 is 2.38 bits per heavy atom. The second kappa shape index (κ2) is 11.4. The quantitative estimate of drug-likeness (QED) is 0.527. The Kier molecular flexibility index (Phi) is 10.2. The van der Waals surface area contributed by atoms with Crippen molar-refractivity contribution in [3.8, 4) is 0 Å². The molecule has 2 N–H and O–H groups in total. The van der Waals surface area contributed by atoms with Crippen LogP contribution in [-0.2, 0) is 14.8 Å². The summed E-state index contributed by atoms with van der Waals surface area (Å²) in [6, 6.07) is 0. The van der Waals surface area contributed by atoms with Crippen LogP contribution in [0.15, 0.2) is 0 Å². The summed E-state index contributed by atoms with van der Waals surface area (Å²) in [6.07, 6.45) is 7.54. The van der Waals surface area contributed by atoms with E-state index in [2.05, 4.69) is 17.1 Å². The number of nitrogens with zero attached hydrogens (tertiary/aromatic N) is 1. The fourth-order valence-electron chi connectivity index (χ4n) is 2.26. The van der Waals surface area contributed by atoms with E-state index in [0.717, 1.165) is 13.0 Å². The lowest BCUT2D eigenvalue weighted by Crippen LogP contribution is -2.49. The van der Waals surface area contributed by atoms with Crippen LogP contribution in [-0.4, -0.2) is 58.6 Å². The van der Waals surface area contributed by atoms with Crippen molar-refractivity contribution in [1.82, 2.24) is 15.2 Å². The first kappa shape index (κ1) is 18.8. The molecule has 1 rings (SSSR count). The maximum absolute atomic E-state index is 11.9. The van der Waals surface area contributed by atoms with Crippen LogP contribution in [0.5, 0.6) is 0 Å². The van der Waals surface area contributed by atoms with Gasteiger partial charge in [0.05, 0.1) is 19.0 Å². The van der Waals surface area contributed by atoms with Crippen LogP contribution in [0.25, 0.3) is 0 Å². The Hall–Kier alpha value is -0.210. The number of sulfonamides is 1. The zero-order valence-electron chi connectivity index (χ0n) is 13.3. The molecule has 0 amide bonds. The summed E-state index contributed by atoms with van der Waals surface area (Å²) in [6.45, 7) is 6.02. The normalized spacial score (nSPS) is 17.2. The molecule has 0 aromatic heterocycles. The summed E-state index contributed by atoms with van der Waals surface area (Å²) < 4.78 is 28.9. The van der Waals surface area contributed by atoms with Crippen LogP contribution < -0.4 is 10.1 Å². The number of hydrazine groups is 1. The summed E-state index contributed by atoms with van der Waals surface area (Å²) in [4.78, 5) is 2.61. The van der Waals surface area contributed by atoms with Crippen LogP contribution >= 0.6 is 0 Å². The summed E-state index contributed by atoms with van der Waals surface area (Å²) in [5, 5.41) is 4.92. The standard InChI is InChI=1S/C14H31N3O3S/c1-2-3-4-5-6-7-8-15-9-14-21(18,19)16-17-10-12-20-13-11-17/h15-16H,2-14H2,1H3. The van der Waals surface area contributed by atoms with Crippen LogP contribution in [0.1, 0.15) is 45.4 Å². The van der Waals surface area contributed by atoms with Gasteiger partial charge in [0.2, 0.25) is 10.0 Å². The van der Waals surface area contributed by atoms with Gasteiger partial charge in [0.25, 0.3) is 0 Å². The number of ether oxygens (including phenoxy) is 1. The van der Waals surface area contributed by atoms with Crippen molar-refractivity contribution < 1.29 is 13.2 Å². The molecule has 1 saturated heterocycles. The van der Waals surface area contributed by atoms with Crippen LogP contribution in [0.4, 0.5) is 0 Å². The van der Waals surface area contributed by atoms with E-state index in [9.17, 15) is 8.42 Å². The zero-order valence-corrected chi connectivity index (χ0v) is 14.1. The molecule has 126 valence electrons. The van der Waals surface area contributed by atoms with E-state index >= 15 is 0 Å². The number of hydrogen-bond donors (Lipinski definition) is 2. The Morgan fingerprint density at radius 1 is 1.00 bits per heavy atom. The molecule has 0 saturated carbocycles. The highest BCUT2D eigenvalue weighted by atomic mass is 32.2. The molecule has 0 radical (unpaired) electrons. The molecule has 0 aromatic carbocycles. The van der Waals surface area contributed by atoms with Gasteiger partial charge in [-0.15, -0.1) is 4.83 Å². The van der Waals surface area contributed by atoms with Crippen molar-refractivity contribution in [3.63, 3.8) is 0 Å². The van der Waals surface area contributed by atoms with Crippen molar-refractivity contribution >= 4 is 10.0 Å². The van der Waals surface area contributed by atoms with Crippen molar-refractivity contribution in [1.29, 1.82) is 0 Å². The molecular weight excluding hydrogens is 290 g/mol. The van der Waals surface area contributed by atoms with Crippen molar-refractivity contribution in [2.75, 3.05) is 45.1 Å². The molecular formula is C14H31N3O3S. The van der Waals surface area contributed by atoms with Gasteiger partial charge in [-0.3, -0.25) is 0 Å². The van der Waals surface area contributed by atoms with E-state index in [1.807, 2.05) is 0 Å². The summed E-state index contributed by atoms with van der Waals surface area (Å²) in [5.41, 5.74) is 0. The Morgan fingerprint density at radius 2 is 1.67 bits per heavy atom. The first-order chi connectivity index (χ1) is 10.1. The average molecular weight is 321 g/mol. The highest BCUT2D eigenvalue weighted by Crippen LogP contribution is 2.04. The van der Waals surface area contributed by atoms with Crippen LogP contribution in [0.3, 0.4) is 0 Å². The van der Waals surface area contributed by atoms with E-state index < -0.39 is 10.0 Å². The van der Waals surface area contributed by atoms with Gasteiger partial charge < -0.3 is 10.1 Å². The molecule has 1 fully saturated rings. The predicted molar refractivity (Wildman–Crippen MR) is 85.6 cm³/mol. The van der Waals surface area contributed by atoms with Gasteiger partial charge in [0.1, 0.15) is 0 Å². The molecule has 0 aromatic rings. The minimum absolute atomic E-state index is 0.125. The van der Waals surface area contributed by atoms with Crippen molar-refractivity contribution in [2.24, 2.45) is 0 Å². The molecule has 6 nitrogen and oxygen atoms in total. The third kappa shape index (κ3) is 10.2. The third-order valence-corrected chi connectivity index (χ3v) is 4.81. The van der Waals surface area contributed by atoms with Gasteiger partial charge in [0, 0.05) is 19.6 Å². The van der Waals surface area contributed by atoms with Gasteiger partial charge in [-0.25, -0.2) is 13.4 Å². The highest BCUT2D eigenvalue weighted by molar-refractivity contribution is 7.89. The maximum Gasteiger partial charge on any atom is 0.225 e. The second-order valence-corrected chi connectivity index (χ2v) is 7.35. The molecule has 7 heteroatoms. The van der Waals surface area contributed by atoms with Crippen molar-refractivity contribution in [3.05, 3.63) is 0 Å². The van der Waals surface area contributed by atoms with Gasteiger partial charge >= 0.3 is 0 Å². The molecule has 0 aliphatic carbocycles. The number of nitrogens with one attached hydrogen (secondary N) is 2. The van der Waals surface area contributed by atoms with Gasteiger partial charge in [-0.1, -0.05) is 39.0 Å². The molecule has 1 aliphatic rings. The largest absolute Gasteiger partial charge is 0.379 e. The molecule has 0 unspecified atom stereocenters. The Balaban J connectivity index is 1.97. The van der Waals surface area contributed by atoms with Crippen molar-refractivity contribution in [2.45, 2.75) is 45.4 Å². The summed E-state index contributed by atoms with van der Waals surface area (Å²) >= 11 is 0. The smallest absolute Gasteiger partial charge is 0.225 e. The minimum atomic E-state index is -3.23. The number of unbranched alkanes of at least 4 members (excludes halogenated alkanes) is 5. The van der Waals surface area contributed by atoms with Gasteiger partial charge in [-0.2, -0.15) is 0 Å². The van der Waals surface area contributed by atoms with Gasteiger partial charge in [0.15, 0.2) is 0 Å². The SMILES string of the molecule is CCCCCCCCNCCS(=O)(=O)NN1CCOCC1. The number of hydrogen-bond acceptors (Lipinski definition) is 5. The fourth-order valence-corrected chi connectivity index (χ4v) is 3.34. The number of rotatable bonds is 12. The predicted octanol–water partition coefficient (Wildman–Crippen LogP) is 1.10. The average Bonchev–Trinajstić information content (AvgIpc) is 2.46. The van der Waals surface area contributed by atoms with Crippen LogP contribution in [0, 0.1) is 0 Å². The lowest BCUT2D eigenvalue weighted by atomic mass is 10.1. The van der Waals surface area contributed by atoms with E-state index in [-0.39, 0.29) is 5.75 Å². The fraction of sp³-hybridized carbons (Fsp3) is 1.00. The van der Waals surface area contributed by atoms with E-state index in [1.54, 1.807) is 5.01 Å². The Bertz CT molecular complexity index is 343. The monoisotopic (exact) mass is 321 g/mol.